The van der Waals surface area contributed by atoms with Gasteiger partial charge in [0.15, 0.2) is 0 Å². The van der Waals surface area contributed by atoms with Crippen LogP contribution in [-0.4, -0.2) is 16.8 Å². The van der Waals surface area contributed by atoms with Crippen molar-refractivity contribution in [3.05, 3.63) is 29.3 Å². The first-order chi connectivity index (χ1) is 7.77. The Hall–Kier alpha value is -0.960. The standard InChI is InChI=1S/C13H16O2S/c14-12(15)8-2-6-10-4-1-5-11-7-3-9-16-13(10)11/h1,4-5H,2-3,6-9H2,(H,14,15). The maximum atomic E-state index is 10.5. The second-order valence-electron chi connectivity index (χ2n) is 4.10. The van der Waals surface area contributed by atoms with Crippen LogP contribution in [0.2, 0.25) is 0 Å². The second-order valence-corrected chi connectivity index (χ2v) is 5.21. The average Bonchev–Trinajstić information content (AvgIpc) is 2.29. The van der Waals surface area contributed by atoms with Crippen molar-refractivity contribution in [2.75, 3.05) is 5.75 Å². The van der Waals surface area contributed by atoms with Crippen molar-refractivity contribution in [2.24, 2.45) is 0 Å². The van der Waals surface area contributed by atoms with Gasteiger partial charge in [-0.1, -0.05) is 18.2 Å². The van der Waals surface area contributed by atoms with Crippen molar-refractivity contribution >= 4 is 17.7 Å². The van der Waals surface area contributed by atoms with E-state index >= 15 is 0 Å². The molecule has 1 aliphatic rings. The Morgan fingerprint density at radius 3 is 3.12 bits per heavy atom. The molecule has 0 aliphatic carbocycles. The van der Waals surface area contributed by atoms with E-state index in [0.717, 1.165) is 12.8 Å². The van der Waals surface area contributed by atoms with Gasteiger partial charge < -0.3 is 5.11 Å². The number of aliphatic carboxylic acids is 1. The Balaban J connectivity index is 2.05. The minimum Gasteiger partial charge on any atom is -0.481 e. The van der Waals surface area contributed by atoms with Gasteiger partial charge in [0, 0.05) is 11.3 Å². The molecule has 1 heterocycles. The molecule has 0 unspecified atom stereocenters. The SMILES string of the molecule is O=C(O)CCCc1cccc2c1SCCC2. The first kappa shape index (κ1) is 11.5. The summed E-state index contributed by atoms with van der Waals surface area (Å²) in [6, 6.07) is 6.43. The van der Waals surface area contributed by atoms with Crippen molar-refractivity contribution in [3.8, 4) is 0 Å². The highest BCUT2D eigenvalue weighted by Crippen LogP contribution is 2.33. The van der Waals surface area contributed by atoms with Gasteiger partial charge in [-0.2, -0.15) is 0 Å². The molecule has 0 fully saturated rings. The van der Waals surface area contributed by atoms with Gasteiger partial charge in [0.1, 0.15) is 0 Å². The van der Waals surface area contributed by atoms with E-state index < -0.39 is 5.97 Å². The van der Waals surface area contributed by atoms with Crippen molar-refractivity contribution < 1.29 is 9.90 Å². The molecule has 1 N–H and O–H groups in total. The Kier molecular flexibility index (Phi) is 3.88. The molecule has 1 aliphatic heterocycles. The molecule has 0 radical (unpaired) electrons. The summed E-state index contributed by atoms with van der Waals surface area (Å²) < 4.78 is 0. The van der Waals surface area contributed by atoms with E-state index in [9.17, 15) is 4.79 Å². The first-order valence-corrected chi connectivity index (χ1v) is 6.71. The van der Waals surface area contributed by atoms with Crippen molar-refractivity contribution in [3.63, 3.8) is 0 Å². The Morgan fingerprint density at radius 2 is 2.31 bits per heavy atom. The fourth-order valence-corrected chi connectivity index (χ4v) is 3.29. The Labute approximate surface area is 100 Å². The highest BCUT2D eigenvalue weighted by Gasteiger charge is 2.13. The van der Waals surface area contributed by atoms with Crippen LogP contribution in [0.3, 0.4) is 0 Å². The van der Waals surface area contributed by atoms with Crippen molar-refractivity contribution in [1.82, 2.24) is 0 Å². The Bertz CT molecular complexity index is 388. The lowest BCUT2D eigenvalue weighted by molar-refractivity contribution is -0.137. The number of carboxylic acids is 1. The number of fused-ring (bicyclic) bond motifs is 1. The van der Waals surface area contributed by atoms with E-state index in [1.165, 1.54) is 34.6 Å². The fourth-order valence-electron chi connectivity index (χ4n) is 2.08. The maximum absolute atomic E-state index is 10.5. The first-order valence-electron chi connectivity index (χ1n) is 5.73. The van der Waals surface area contributed by atoms with Crippen LogP contribution in [0, 0.1) is 0 Å². The van der Waals surface area contributed by atoms with Crippen LogP contribution < -0.4 is 0 Å². The minimum absolute atomic E-state index is 0.272. The van der Waals surface area contributed by atoms with Crippen LogP contribution in [0.5, 0.6) is 0 Å². The summed E-state index contributed by atoms with van der Waals surface area (Å²) >= 11 is 1.93. The average molecular weight is 236 g/mol. The number of aryl methyl sites for hydroxylation is 2. The van der Waals surface area contributed by atoms with Gasteiger partial charge in [-0.3, -0.25) is 4.79 Å². The quantitative estimate of drug-likeness (QED) is 0.872. The molecule has 3 heteroatoms. The van der Waals surface area contributed by atoms with E-state index in [0.29, 0.717) is 0 Å². The van der Waals surface area contributed by atoms with Gasteiger partial charge in [-0.15, -0.1) is 11.8 Å². The summed E-state index contributed by atoms with van der Waals surface area (Å²) in [6.45, 7) is 0. The van der Waals surface area contributed by atoms with E-state index in [1.807, 2.05) is 11.8 Å². The lowest BCUT2D eigenvalue weighted by Gasteiger charge is -2.18. The normalized spacial score (nSPS) is 14.5. The third kappa shape index (κ3) is 2.79. The third-order valence-electron chi connectivity index (χ3n) is 2.85. The van der Waals surface area contributed by atoms with Crippen LogP contribution in [-0.2, 0) is 17.6 Å². The lowest BCUT2D eigenvalue weighted by atomic mass is 10.0. The number of hydrogen-bond acceptors (Lipinski definition) is 2. The van der Waals surface area contributed by atoms with Crippen LogP contribution in [0.1, 0.15) is 30.4 Å². The molecule has 1 aromatic rings. The molecule has 1 aromatic carbocycles. The molecular formula is C13H16O2S. The topological polar surface area (TPSA) is 37.3 Å². The largest absolute Gasteiger partial charge is 0.481 e. The minimum atomic E-state index is -0.697. The number of hydrogen-bond donors (Lipinski definition) is 1. The number of thioether (sulfide) groups is 1. The molecule has 0 spiro atoms. The predicted molar refractivity (Wildman–Crippen MR) is 66.1 cm³/mol. The second kappa shape index (κ2) is 5.39. The summed E-state index contributed by atoms with van der Waals surface area (Å²) in [6.07, 6.45) is 4.34. The number of benzene rings is 1. The smallest absolute Gasteiger partial charge is 0.303 e. The lowest BCUT2D eigenvalue weighted by Crippen LogP contribution is -2.03. The van der Waals surface area contributed by atoms with Crippen LogP contribution in [0.25, 0.3) is 0 Å². The van der Waals surface area contributed by atoms with Gasteiger partial charge in [0.2, 0.25) is 0 Å². The van der Waals surface area contributed by atoms with E-state index in [2.05, 4.69) is 18.2 Å². The highest BCUT2D eigenvalue weighted by atomic mass is 32.2. The molecule has 0 bridgehead atoms. The molecule has 0 saturated heterocycles. The van der Waals surface area contributed by atoms with E-state index in [-0.39, 0.29) is 6.42 Å². The summed E-state index contributed by atoms with van der Waals surface area (Å²) in [5.41, 5.74) is 2.78. The Morgan fingerprint density at radius 1 is 1.44 bits per heavy atom. The zero-order valence-corrected chi connectivity index (χ0v) is 10.1. The van der Waals surface area contributed by atoms with Crippen molar-refractivity contribution in [1.29, 1.82) is 0 Å². The van der Waals surface area contributed by atoms with Crippen molar-refractivity contribution in [2.45, 2.75) is 37.0 Å². The highest BCUT2D eigenvalue weighted by molar-refractivity contribution is 7.99. The van der Waals surface area contributed by atoms with Gasteiger partial charge in [0.05, 0.1) is 0 Å². The summed E-state index contributed by atoms with van der Waals surface area (Å²) in [5, 5.41) is 8.62. The molecule has 2 rings (SSSR count). The molecule has 0 amide bonds. The predicted octanol–water partition coefficient (Wildman–Crippen LogP) is 3.13. The van der Waals surface area contributed by atoms with Crippen LogP contribution in [0.4, 0.5) is 0 Å². The van der Waals surface area contributed by atoms with Crippen LogP contribution >= 0.6 is 11.8 Å². The van der Waals surface area contributed by atoms with Crippen LogP contribution in [0.15, 0.2) is 23.1 Å². The van der Waals surface area contributed by atoms with Gasteiger partial charge in [0.25, 0.3) is 0 Å². The van der Waals surface area contributed by atoms with Gasteiger partial charge >= 0.3 is 5.97 Å². The summed E-state index contributed by atoms with van der Waals surface area (Å²) in [5.74, 6) is 0.501. The van der Waals surface area contributed by atoms with E-state index in [1.54, 1.807) is 0 Å². The van der Waals surface area contributed by atoms with Gasteiger partial charge in [-0.05, 0) is 42.6 Å². The molecule has 0 aromatic heterocycles. The number of carboxylic acid groups (broad SMARTS) is 1. The molecule has 86 valence electrons. The molecular weight excluding hydrogens is 220 g/mol. The zero-order chi connectivity index (χ0) is 11.4. The number of carbonyl (C=O) groups is 1. The van der Waals surface area contributed by atoms with Gasteiger partial charge in [-0.25, -0.2) is 0 Å². The molecule has 16 heavy (non-hydrogen) atoms. The van der Waals surface area contributed by atoms with E-state index in [4.69, 9.17) is 5.11 Å². The maximum Gasteiger partial charge on any atom is 0.303 e. The molecule has 0 atom stereocenters. The zero-order valence-electron chi connectivity index (χ0n) is 9.24. The summed E-state index contributed by atoms with van der Waals surface area (Å²) in [7, 11) is 0. The molecule has 2 nitrogen and oxygen atoms in total. The third-order valence-corrected chi connectivity index (χ3v) is 4.16. The number of rotatable bonds is 4. The molecule has 0 saturated carbocycles. The summed E-state index contributed by atoms with van der Waals surface area (Å²) in [4.78, 5) is 11.9. The fraction of sp³-hybridized carbons (Fsp3) is 0.462. The monoisotopic (exact) mass is 236 g/mol.